The lowest BCUT2D eigenvalue weighted by Gasteiger charge is -2.27. The average molecular weight is 567 g/mol. The molecule has 1 fully saturated rings. The second-order valence-corrected chi connectivity index (χ2v) is 14.1. The molecule has 2 aromatic carbocycles. The van der Waals surface area contributed by atoms with Gasteiger partial charge < -0.3 is 15.4 Å². The van der Waals surface area contributed by atoms with Crippen molar-refractivity contribution in [2.75, 3.05) is 0 Å². The van der Waals surface area contributed by atoms with Crippen molar-refractivity contribution in [2.45, 2.75) is 75.8 Å². The SMILES string of the molecule is Cc1c[nH]c2cc(-c3ccc(-c4cnc(C5CCC(NC(=O)O)CC5)s4)c(S(=O)(=O)NC(C)(C)C)c3)ccc12. The van der Waals surface area contributed by atoms with Crippen LogP contribution >= 0.6 is 11.3 Å². The van der Waals surface area contributed by atoms with E-state index in [1.807, 2.05) is 51.2 Å². The number of hydrogen-bond donors (Lipinski definition) is 4. The highest BCUT2D eigenvalue weighted by molar-refractivity contribution is 7.89. The highest BCUT2D eigenvalue weighted by atomic mass is 32.2. The van der Waals surface area contributed by atoms with E-state index in [2.05, 4.69) is 33.0 Å². The van der Waals surface area contributed by atoms with Crippen LogP contribution in [-0.4, -0.2) is 41.2 Å². The minimum atomic E-state index is -3.84. The van der Waals surface area contributed by atoms with Crippen molar-refractivity contribution in [1.29, 1.82) is 0 Å². The number of carboxylic acid groups (broad SMARTS) is 1. The largest absolute Gasteiger partial charge is 0.465 e. The van der Waals surface area contributed by atoms with Gasteiger partial charge in [-0.15, -0.1) is 11.3 Å². The quantitative estimate of drug-likeness (QED) is 0.208. The first-order valence-corrected chi connectivity index (χ1v) is 15.4. The van der Waals surface area contributed by atoms with Crippen LogP contribution in [0.2, 0.25) is 0 Å². The van der Waals surface area contributed by atoms with Crippen LogP contribution in [0.25, 0.3) is 32.5 Å². The number of aromatic amines is 1. The van der Waals surface area contributed by atoms with Crippen molar-refractivity contribution in [2.24, 2.45) is 0 Å². The summed E-state index contributed by atoms with van der Waals surface area (Å²) in [4.78, 5) is 20.0. The Kier molecular flexibility index (Phi) is 7.30. The fourth-order valence-corrected chi connectivity index (χ4v) is 8.15. The molecule has 4 aromatic rings. The van der Waals surface area contributed by atoms with Gasteiger partial charge in [0.25, 0.3) is 0 Å². The molecule has 10 heteroatoms. The molecule has 0 atom stereocenters. The number of nitrogens with zero attached hydrogens (tertiary/aromatic N) is 1. The lowest BCUT2D eigenvalue weighted by molar-refractivity contribution is 0.185. The first-order chi connectivity index (χ1) is 18.4. The van der Waals surface area contributed by atoms with Crippen LogP contribution < -0.4 is 10.0 Å². The molecular formula is C29H34N4O4S2. The Morgan fingerprint density at radius 1 is 1.08 bits per heavy atom. The van der Waals surface area contributed by atoms with Gasteiger partial charge in [0.05, 0.1) is 14.8 Å². The number of H-pyrrole nitrogens is 1. The second kappa shape index (κ2) is 10.4. The lowest BCUT2D eigenvalue weighted by atomic mass is 9.86. The molecule has 0 aliphatic heterocycles. The second-order valence-electron chi connectivity index (χ2n) is 11.4. The Morgan fingerprint density at radius 3 is 2.46 bits per heavy atom. The van der Waals surface area contributed by atoms with E-state index in [9.17, 15) is 13.2 Å². The molecule has 0 saturated heterocycles. The number of aromatic nitrogens is 2. The number of benzene rings is 2. The van der Waals surface area contributed by atoms with E-state index in [0.717, 1.165) is 63.2 Å². The predicted molar refractivity (Wildman–Crippen MR) is 156 cm³/mol. The van der Waals surface area contributed by atoms with Crippen LogP contribution in [0.4, 0.5) is 4.79 Å². The van der Waals surface area contributed by atoms with Gasteiger partial charge in [0.15, 0.2) is 0 Å². The Bertz CT molecular complexity index is 1620. The number of thiazole rings is 1. The third kappa shape index (κ3) is 6.03. The van der Waals surface area contributed by atoms with E-state index in [1.165, 1.54) is 11.3 Å². The highest BCUT2D eigenvalue weighted by Crippen LogP contribution is 2.40. The monoisotopic (exact) mass is 566 g/mol. The third-order valence-corrected chi connectivity index (χ3v) is 10.1. The van der Waals surface area contributed by atoms with Crippen LogP contribution in [-0.2, 0) is 10.0 Å². The summed E-state index contributed by atoms with van der Waals surface area (Å²) in [7, 11) is -3.84. The topological polar surface area (TPSA) is 124 Å². The molecular weight excluding hydrogens is 532 g/mol. The number of amides is 1. The molecule has 1 saturated carbocycles. The normalized spacial score (nSPS) is 18.4. The van der Waals surface area contributed by atoms with Crippen molar-refractivity contribution < 1.29 is 18.3 Å². The van der Waals surface area contributed by atoms with Crippen LogP contribution in [0.1, 0.15) is 62.9 Å². The third-order valence-electron chi connectivity index (χ3n) is 7.13. The van der Waals surface area contributed by atoms with Gasteiger partial charge >= 0.3 is 6.09 Å². The summed E-state index contributed by atoms with van der Waals surface area (Å²) in [5, 5.41) is 13.7. The van der Waals surface area contributed by atoms with E-state index in [0.29, 0.717) is 5.56 Å². The Labute approximate surface area is 232 Å². The zero-order chi connectivity index (χ0) is 27.9. The maximum Gasteiger partial charge on any atom is 0.404 e. The summed E-state index contributed by atoms with van der Waals surface area (Å²) >= 11 is 1.52. The Hall–Kier alpha value is -3.21. The molecule has 4 N–H and O–H groups in total. The molecule has 1 aliphatic rings. The van der Waals surface area contributed by atoms with E-state index in [-0.39, 0.29) is 16.9 Å². The van der Waals surface area contributed by atoms with Gasteiger partial charge in [0.2, 0.25) is 10.0 Å². The number of fused-ring (bicyclic) bond motifs is 1. The summed E-state index contributed by atoms with van der Waals surface area (Å²) in [6, 6.07) is 11.7. The molecule has 39 heavy (non-hydrogen) atoms. The predicted octanol–water partition coefficient (Wildman–Crippen LogP) is 6.64. The smallest absolute Gasteiger partial charge is 0.404 e. The molecule has 8 nitrogen and oxygen atoms in total. The summed E-state index contributed by atoms with van der Waals surface area (Å²) in [6.07, 6.45) is 5.96. The molecule has 1 amide bonds. The van der Waals surface area contributed by atoms with Crippen LogP contribution in [0, 0.1) is 6.92 Å². The van der Waals surface area contributed by atoms with Gasteiger partial charge in [-0.3, -0.25) is 0 Å². The van der Waals surface area contributed by atoms with Gasteiger partial charge in [0, 0.05) is 46.4 Å². The van der Waals surface area contributed by atoms with Gasteiger partial charge in [-0.1, -0.05) is 24.3 Å². The minimum absolute atomic E-state index is 0.0277. The lowest BCUT2D eigenvalue weighted by Crippen LogP contribution is -2.40. The molecule has 2 aromatic heterocycles. The van der Waals surface area contributed by atoms with Crippen molar-refractivity contribution in [3.63, 3.8) is 0 Å². The number of carbonyl (C=O) groups is 1. The first-order valence-electron chi connectivity index (χ1n) is 13.1. The van der Waals surface area contributed by atoms with Gasteiger partial charge in [-0.25, -0.2) is 22.9 Å². The minimum Gasteiger partial charge on any atom is -0.465 e. The highest BCUT2D eigenvalue weighted by Gasteiger charge is 2.29. The van der Waals surface area contributed by atoms with E-state index >= 15 is 0 Å². The fraction of sp³-hybridized carbons (Fsp3) is 0.379. The van der Waals surface area contributed by atoms with Crippen molar-refractivity contribution in [3.8, 4) is 21.6 Å². The Morgan fingerprint density at radius 2 is 1.77 bits per heavy atom. The standard InChI is InChI=1S/C29H34N4O4S2/c1-17-15-30-24-13-19(7-11-22(17)24)20-8-12-23(26(14-20)39(36,37)33-29(2,3)4)25-16-31-27(38-25)18-5-9-21(10-6-18)32-28(34)35/h7-8,11-16,18,21,30,32-33H,5-6,9-10H2,1-4H3,(H,34,35). The van der Waals surface area contributed by atoms with Gasteiger partial charge in [-0.05, 0) is 82.2 Å². The molecule has 0 spiro atoms. The van der Waals surface area contributed by atoms with E-state index in [1.54, 1.807) is 12.3 Å². The Balaban J connectivity index is 1.50. The van der Waals surface area contributed by atoms with Crippen LogP contribution in [0.3, 0.4) is 0 Å². The number of hydrogen-bond acceptors (Lipinski definition) is 5. The van der Waals surface area contributed by atoms with E-state index < -0.39 is 21.7 Å². The van der Waals surface area contributed by atoms with Crippen LogP contribution in [0.15, 0.2) is 53.7 Å². The van der Waals surface area contributed by atoms with Crippen molar-refractivity contribution >= 4 is 38.4 Å². The molecule has 0 bridgehead atoms. The van der Waals surface area contributed by atoms with Crippen LogP contribution in [0.5, 0.6) is 0 Å². The zero-order valence-electron chi connectivity index (χ0n) is 22.5. The fourth-order valence-electron chi connectivity index (χ4n) is 5.30. The summed E-state index contributed by atoms with van der Waals surface area (Å²) in [6.45, 7) is 7.54. The molecule has 2 heterocycles. The van der Waals surface area contributed by atoms with Gasteiger partial charge in [-0.2, -0.15) is 0 Å². The number of rotatable bonds is 6. The number of aryl methyl sites for hydroxylation is 1. The average Bonchev–Trinajstić information content (AvgIpc) is 3.49. The van der Waals surface area contributed by atoms with Crippen molar-refractivity contribution in [3.05, 3.63) is 59.4 Å². The number of nitrogens with one attached hydrogen (secondary N) is 3. The summed E-state index contributed by atoms with van der Waals surface area (Å²) < 4.78 is 30.2. The molecule has 1 aliphatic carbocycles. The summed E-state index contributed by atoms with van der Waals surface area (Å²) in [5.74, 6) is 0.235. The molecule has 206 valence electrons. The van der Waals surface area contributed by atoms with Gasteiger partial charge in [0.1, 0.15) is 0 Å². The van der Waals surface area contributed by atoms with E-state index in [4.69, 9.17) is 5.11 Å². The number of sulfonamides is 1. The summed E-state index contributed by atoms with van der Waals surface area (Å²) in [5.41, 5.74) is 3.89. The maximum absolute atomic E-state index is 13.7. The first kappa shape index (κ1) is 27.4. The maximum atomic E-state index is 13.7. The molecule has 5 rings (SSSR count). The molecule has 0 unspecified atom stereocenters. The zero-order valence-corrected chi connectivity index (χ0v) is 24.2. The molecule has 0 radical (unpaired) electrons. The van der Waals surface area contributed by atoms with Crippen molar-refractivity contribution in [1.82, 2.24) is 20.0 Å².